The number of carbonyl (C=O) groups excluding carboxylic acids is 1. The monoisotopic (exact) mass is 260 g/mol. The number of benzene rings is 1. The van der Waals surface area contributed by atoms with Gasteiger partial charge in [0.15, 0.2) is 0 Å². The molecule has 0 unspecified atom stereocenters. The average molecular weight is 261 g/mol. The SMILES string of the molecule is COC(=O)N/N=C(/C)c1ccc(Cl)cc1Cl. The van der Waals surface area contributed by atoms with Crippen LogP contribution in [0.25, 0.3) is 0 Å². The summed E-state index contributed by atoms with van der Waals surface area (Å²) in [5.41, 5.74) is 3.47. The van der Waals surface area contributed by atoms with E-state index in [2.05, 4.69) is 15.3 Å². The lowest BCUT2D eigenvalue weighted by atomic mass is 10.1. The number of carbonyl (C=O) groups is 1. The minimum Gasteiger partial charge on any atom is -0.452 e. The van der Waals surface area contributed by atoms with E-state index in [0.717, 1.165) is 0 Å². The molecule has 0 radical (unpaired) electrons. The molecule has 86 valence electrons. The van der Waals surface area contributed by atoms with Gasteiger partial charge in [0.1, 0.15) is 0 Å². The third-order valence-electron chi connectivity index (χ3n) is 1.82. The molecule has 0 heterocycles. The van der Waals surface area contributed by atoms with Crippen LogP contribution in [0.3, 0.4) is 0 Å². The molecule has 0 fully saturated rings. The number of ether oxygens (including phenoxy) is 1. The highest BCUT2D eigenvalue weighted by molar-refractivity contribution is 6.37. The van der Waals surface area contributed by atoms with Crippen LogP contribution in [0.4, 0.5) is 4.79 Å². The van der Waals surface area contributed by atoms with Crippen LogP contribution < -0.4 is 5.43 Å². The summed E-state index contributed by atoms with van der Waals surface area (Å²) in [4.78, 5) is 10.8. The molecule has 0 aliphatic carbocycles. The minimum absolute atomic E-state index is 0.473. The lowest BCUT2D eigenvalue weighted by Crippen LogP contribution is -2.18. The third kappa shape index (κ3) is 3.40. The maximum absolute atomic E-state index is 10.8. The Morgan fingerprint density at radius 3 is 2.69 bits per heavy atom. The molecule has 0 saturated heterocycles. The second kappa shape index (κ2) is 5.72. The van der Waals surface area contributed by atoms with Crippen LogP contribution in [-0.4, -0.2) is 18.9 Å². The van der Waals surface area contributed by atoms with Gasteiger partial charge >= 0.3 is 6.09 Å². The summed E-state index contributed by atoms with van der Waals surface area (Å²) in [6, 6.07) is 5.03. The van der Waals surface area contributed by atoms with Gasteiger partial charge in [0.25, 0.3) is 0 Å². The van der Waals surface area contributed by atoms with Crippen molar-refractivity contribution in [3.05, 3.63) is 33.8 Å². The van der Waals surface area contributed by atoms with Gasteiger partial charge < -0.3 is 4.74 Å². The van der Waals surface area contributed by atoms with E-state index < -0.39 is 6.09 Å². The highest BCUT2D eigenvalue weighted by Crippen LogP contribution is 2.21. The maximum Gasteiger partial charge on any atom is 0.427 e. The molecule has 1 aromatic carbocycles. The quantitative estimate of drug-likeness (QED) is 0.657. The van der Waals surface area contributed by atoms with Gasteiger partial charge in [-0.25, -0.2) is 10.2 Å². The molecule has 0 aromatic heterocycles. The first-order valence-corrected chi connectivity index (χ1v) is 5.14. The van der Waals surface area contributed by atoms with E-state index in [9.17, 15) is 4.79 Å². The molecule has 0 aliphatic heterocycles. The van der Waals surface area contributed by atoms with E-state index in [4.69, 9.17) is 23.2 Å². The molecule has 0 spiro atoms. The summed E-state index contributed by atoms with van der Waals surface area (Å²) in [5, 5.41) is 4.84. The molecule has 1 amide bonds. The Bertz CT molecular complexity index is 433. The lowest BCUT2D eigenvalue weighted by Gasteiger charge is -2.04. The van der Waals surface area contributed by atoms with Crippen molar-refractivity contribution in [1.29, 1.82) is 0 Å². The van der Waals surface area contributed by atoms with Crippen molar-refractivity contribution in [3.8, 4) is 0 Å². The van der Waals surface area contributed by atoms with E-state index in [-0.39, 0.29) is 0 Å². The number of hydrogen-bond donors (Lipinski definition) is 1. The second-order valence-corrected chi connectivity index (χ2v) is 3.77. The summed E-state index contributed by atoms with van der Waals surface area (Å²) in [7, 11) is 1.26. The van der Waals surface area contributed by atoms with Crippen LogP contribution >= 0.6 is 23.2 Å². The first-order valence-electron chi connectivity index (χ1n) is 4.38. The van der Waals surface area contributed by atoms with Crippen molar-refractivity contribution in [2.45, 2.75) is 6.92 Å². The van der Waals surface area contributed by atoms with Crippen LogP contribution in [0.1, 0.15) is 12.5 Å². The van der Waals surface area contributed by atoms with Crippen LogP contribution in [0.5, 0.6) is 0 Å². The van der Waals surface area contributed by atoms with Gasteiger partial charge in [-0.1, -0.05) is 29.3 Å². The second-order valence-electron chi connectivity index (χ2n) is 2.92. The number of amides is 1. The number of methoxy groups -OCH3 is 1. The summed E-state index contributed by atoms with van der Waals surface area (Å²) < 4.78 is 4.37. The summed E-state index contributed by atoms with van der Waals surface area (Å²) in [6.07, 6.45) is -0.635. The van der Waals surface area contributed by atoms with Crippen LogP contribution in [0, 0.1) is 0 Å². The molecule has 6 heteroatoms. The van der Waals surface area contributed by atoms with Gasteiger partial charge in [-0.15, -0.1) is 0 Å². The number of hydrogen-bond acceptors (Lipinski definition) is 3. The van der Waals surface area contributed by atoms with Gasteiger partial charge in [-0.05, 0) is 19.1 Å². The van der Waals surface area contributed by atoms with Crippen LogP contribution in [0.15, 0.2) is 23.3 Å². The van der Waals surface area contributed by atoms with Gasteiger partial charge in [0, 0.05) is 10.6 Å². The van der Waals surface area contributed by atoms with Crippen molar-refractivity contribution in [2.24, 2.45) is 5.10 Å². The van der Waals surface area contributed by atoms with E-state index in [0.29, 0.717) is 21.3 Å². The molecule has 0 atom stereocenters. The Morgan fingerprint density at radius 2 is 2.12 bits per heavy atom. The van der Waals surface area contributed by atoms with E-state index in [1.54, 1.807) is 25.1 Å². The lowest BCUT2D eigenvalue weighted by molar-refractivity contribution is 0.171. The average Bonchev–Trinajstić information content (AvgIpc) is 2.25. The van der Waals surface area contributed by atoms with Gasteiger partial charge in [0.05, 0.1) is 17.8 Å². The van der Waals surface area contributed by atoms with Crippen LogP contribution in [0.2, 0.25) is 10.0 Å². The van der Waals surface area contributed by atoms with Gasteiger partial charge in [-0.3, -0.25) is 0 Å². The molecule has 1 N–H and O–H groups in total. The van der Waals surface area contributed by atoms with Crippen molar-refractivity contribution in [1.82, 2.24) is 5.43 Å². The Labute approximate surface area is 103 Å². The molecule has 1 aromatic rings. The molecule has 0 saturated carbocycles. The fourth-order valence-electron chi connectivity index (χ4n) is 1.02. The van der Waals surface area contributed by atoms with E-state index >= 15 is 0 Å². The maximum atomic E-state index is 10.8. The number of nitrogens with zero attached hydrogens (tertiary/aromatic N) is 1. The summed E-state index contributed by atoms with van der Waals surface area (Å²) in [5.74, 6) is 0. The number of hydrazone groups is 1. The fraction of sp³-hybridized carbons (Fsp3) is 0.200. The molecule has 16 heavy (non-hydrogen) atoms. The van der Waals surface area contributed by atoms with Gasteiger partial charge in [-0.2, -0.15) is 5.10 Å². The first-order chi connectivity index (χ1) is 7.54. The topological polar surface area (TPSA) is 50.7 Å². The zero-order valence-electron chi connectivity index (χ0n) is 8.75. The summed E-state index contributed by atoms with van der Waals surface area (Å²) >= 11 is 11.7. The Hall–Kier alpha value is -1.26. The Balaban J connectivity index is 2.87. The minimum atomic E-state index is -0.635. The van der Waals surface area contributed by atoms with Crippen molar-refractivity contribution < 1.29 is 9.53 Å². The fourth-order valence-corrected chi connectivity index (χ4v) is 1.56. The predicted molar refractivity (Wildman–Crippen MR) is 64.2 cm³/mol. The molecule has 1 rings (SSSR count). The summed E-state index contributed by atoms with van der Waals surface area (Å²) in [6.45, 7) is 1.71. The number of nitrogens with one attached hydrogen (secondary N) is 1. The van der Waals surface area contributed by atoms with Crippen LogP contribution in [-0.2, 0) is 4.74 Å². The van der Waals surface area contributed by atoms with Crippen molar-refractivity contribution >= 4 is 35.0 Å². The Morgan fingerprint density at radius 1 is 1.44 bits per heavy atom. The predicted octanol–water partition coefficient (Wildman–Crippen LogP) is 3.07. The highest BCUT2D eigenvalue weighted by Gasteiger charge is 2.05. The zero-order valence-corrected chi connectivity index (χ0v) is 10.3. The number of halogens is 2. The first kappa shape index (κ1) is 12.8. The van der Waals surface area contributed by atoms with E-state index in [1.165, 1.54) is 7.11 Å². The molecule has 4 nitrogen and oxygen atoms in total. The molecular formula is C10H10Cl2N2O2. The largest absolute Gasteiger partial charge is 0.452 e. The molecule has 0 aliphatic rings. The highest BCUT2D eigenvalue weighted by atomic mass is 35.5. The normalized spacial score (nSPS) is 11.1. The Kier molecular flexibility index (Phi) is 4.58. The molecular weight excluding hydrogens is 251 g/mol. The smallest absolute Gasteiger partial charge is 0.427 e. The van der Waals surface area contributed by atoms with Gasteiger partial charge in [0.2, 0.25) is 0 Å². The van der Waals surface area contributed by atoms with Crippen molar-refractivity contribution in [2.75, 3.05) is 7.11 Å². The zero-order chi connectivity index (χ0) is 12.1. The third-order valence-corrected chi connectivity index (χ3v) is 2.37. The number of rotatable bonds is 2. The van der Waals surface area contributed by atoms with E-state index in [1.807, 2.05) is 0 Å². The standard InChI is InChI=1S/C10H10Cl2N2O2/c1-6(13-14-10(15)16-2)8-4-3-7(11)5-9(8)12/h3-5H,1-2H3,(H,14,15)/b13-6-. The van der Waals surface area contributed by atoms with Crippen molar-refractivity contribution in [3.63, 3.8) is 0 Å². The molecule has 0 bridgehead atoms.